The van der Waals surface area contributed by atoms with Crippen LogP contribution in [0.2, 0.25) is 0 Å². The quantitative estimate of drug-likeness (QED) is 0.526. The molecule has 2 heteroatoms. The fourth-order valence-electron chi connectivity index (χ4n) is 3.76. The maximum Gasteiger partial charge on any atom is 0.159 e. The minimum Gasteiger partial charge on any atom is -0.204 e. The van der Waals surface area contributed by atoms with Crippen molar-refractivity contribution in [1.29, 1.82) is 0 Å². The number of halogens is 2. The van der Waals surface area contributed by atoms with E-state index in [0.29, 0.717) is 11.5 Å². The van der Waals surface area contributed by atoms with Crippen molar-refractivity contribution in [2.75, 3.05) is 0 Å². The molecule has 0 amide bonds. The summed E-state index contributed by atoms with van der Waals surface area (Å²) in [6, 6.07) is 12.4. The molecule has 1 aliphatic carbocycles. The second-order valence-corrected chi connectivity index (χ2v) is 6.83. The van der Waals surface area contributed by atoms with Crippen molar-refractivity contribution in [1.82, 2.24) is 0 Å². The van der Waals surface area contributed by atoms with Crippen molar-refractivity contribution in [2.24, 2.45) is 5.92 Å². The van der Waals surface area contributed by atoms with E-state index in [2.05, 4.69) is 18.7 Å². The Morgan fingerprint density at radius 1 is 0.875 bits per heavy atom. The summed E-state index contributed by atoms with van der Waals surface area (Å²) in [6.07, 6.45) is 9.48. The molecule has 0 radical (unpaired) electrons. The highest BCUT2D eigenvalue weighted by molar-refractivity contribution is 5.63. The van der Waals surface area contributed by atoms with Crippen LogP contribution in [0.15, 0.2) is 55.1 Å². The van der Waals surface area contributed by atoms with Gasteiger partial charge in [-0.1, -0.05) is 36.4 Å². The first-order chi connectivity index (χ1) is 11.7. The normalized spacial score (nSPS) is 20.8. The third kappa shape index (κ3) is 3.92. The van der Waals surface area contributed by atoms with Crippen LogP contribution in [0.25, 0.3) is 11.1 Å². The van der Waals surface area contributed by atoms with Crippen molar-refractivity contribution in [3.63, 3.8) is 0 Å². The highest BCUT2D eigenvalue weighted by Gasteiger charge is 2.21. The maximum atomic E-state index is 13.4. The van der Waals surface area contributed by atoms with Crippen LogP contribution in [0, 0.1) is 17.6 Å². The summed E-state index contributed by atoms with van der Waals surface area (Å²) < 4.78 is 26.4. The van der Waals surface area contributed by atoms with Gasteiger partial charge in [0, 0.05) is 0 Å². The van der Waals surface area contributed by atoms with Gasteiger partial charge in [0.05, 0.1) is 0 Å². The monoisotopic (exact) mass is 326 g/mol. The van der Waals surface area contributed by atoms with Gasteiger partial charge in [-0.3, -0.25) is 0 Å². The van der Waals surface area contributed by atoms with Gasteiger partial charge in [-0.15, -0.1) is 6.58 Å². The van der Waals surface area contributed by atoms with Crippen LogP contribution in [0.4, 0.5) is 8.78 Å². The molecule has 1 aliphatic rings. The van der Waals surface area contributed by atoms with E-state index in [9.17, 15) is 8.78 Å². The molecule has 1 saturated carbocycles. The predicted octanol–water partition coefficient (Wildman–Crippen LogP) is 6.87. The van der Waals surface area contributed by atoms with Gasteiger partial charge < -0.3 is 0 Å². The topological polar surface area (TPSA) is 0 Å². The van der Waals surface area contributed by atoms with Gasteiger partial charge in [-0.25, -0.2) is 8.78 Å². The Morgan fingerprint density at radius 2 is 1.54 bits per heavy atom. The van der Waals surface area contributed by atoms with Gasteiger partial charge in [0.15, 0.2) is 11.6 Å². The molecular weight excluding hydrogens is 302 g/mol. The average Bonchev–Trinajstić information content (AvgIpc) is 2.63. The van der Waals surface area contributed by atoms with Gasteiger partial charge >= 0.3 is 0 Å². The van der Waals surface area contributed by atoms with Crippen LogP contribution in [0.1, 0.15) is 50.0 Å². The lowest BCUT2D eigenvalue weighted by molar-refractivity contribution is 0.312. The summed E-state index contributed by atoms with van der Waals surface area (Å²) in [5, 5.41) is 0. The van der Waals surface area contributed by atoms with E-state index in [-0.39, 0.29) is 0 Å². The third-order valence-corrected chi connectivity index (χ3v) is 5.26. The SMILES string of the molecule is C=CCCC1CCC(c2ccc(-c3ccc(F)c(F)c3)cc2)CC1. The summed E-state index contributed by atoms with van der Waals surface area (Å²) in [4.78, 5) is 0. The van der Waals surface area contributed by atoms with Crippen LogP contribution < -0.4 is 0 Å². The fourth-order valence-corrected chi connectivity index (χ4v) is 3.76. The van der Waals surface area contributed by atoms with E-state index in [1.165, 1.54) is 49.8 Å². The first-order valence-corrected chi connectivity index (χ1v) is 8.83. The number of rotatable bonds is 5. The predicted molar refractivity (Wildman–Crippen MR) is 95.9 cm³/mol. The first kappa shape index (κ1) is 16.9. The number of hydrogen-bond donors (Lipinski definition) is 0. The minimum absolute atomic E-state index is 0.629. The molecular formula is C22H24F2. The summed E-state index contributed by atoms with van der Waals surface area (Å²) in [5.41, 5.74) is 3.01. The van der Waals surface area contributed by atoms with E-state index in [1.807, 2.05) is 18.2 Å². The molecule has 0 N–H and O–H groups in total. The van der Waals surface area contributed by atoms with Gasteiger partial charge in [0.1, 0.15) is 0 Å². The molecule has 1 fully saturated rings. The molecule has 0 heterocycles. The molecule has 3 rings (SSSR count). The van der Waals surface area contributed by atoms with E-state index in [4.69, 9.17) is 0 Å². The molecule has 0 unspecified atom stereocenters. The minimum atomic E-state index is -0.802. The van der Waals surface area contributed by atoms with E-state index in [0.717, 1.165) is 17.9 Å². The molecule has 24 heavy (non-hydrogen) atoms. The van der Waals surface area contributed by atoms with Crippen LogP contribution in [0.3, 0.4) is 0 Å². The molecule has 0 bridgehead atoms. The second-order valence-electron chi connectivity index (χ2n) is 6.83. The summed E-state index contributed by atoms with van der Waals surface area (Å²) in [5.74, 6) is -0.122. The van der Waals surface area contributed by atoms with Crippen molar-refractivity contribution >= 4 is 0 Å². The molecule has 0 spiro atoms. The molecule has 0 aliphatic heterocycles. The highest BCUT2D eigenvalue weighted by atomic mass is 19.2. The lowest BCUT2D eigenvalue weighted by Gasteiger charge is -2.28. The van der Waals surface area contributed by atoms with Crippen molar-refractivity contribution < 1.29 is 8.78 Å². The standard InChI is InChI=1S/C22H24F2/c1-2-3-4-16-5-7-17(8-6-16)18-9-11-19(12-10-18)20-13-14-21(23)22(24)15-20/h2,9-17H,1,3-8H2. The Balaban J connectivity index is 1.65. The van der Waals surface area contributed by atoms with Gasteiger partial charge in [0.25, 0.3) is 0 Å². The fraction of sp³-hybridized carbons (Fsp3) is 0.364. The first-order valence-electron chi connectivity index (χ1n) is 8.83. The summed E-state index contributed by atoms with van der Waals surface area (Å²) in [6.45, 7) is 3.81. The molecule has 2 aromatic carbocycles. The van der Waals surface area contributed by atoms with Crippen molar-refractivity contribution in [3.8, 4) is 11.1 Å². The lowest BCUT2D eigenvalue weighted by Crippen LogP contribution is -2.13. The smallest absolute Gasteiger partial charge is 0.159 e. The largest absolute Gasteiger partial charge is 0.204 e. The van der Waals surface area contributed by atoms with Crippen molar-refractivity contribution in [2.45, 2.75) is 44.4 Å². The summed E-state index contributed by atoms with van der Waals surface area (Å²) in [7, 11) is 0. The maximum absolute atomic E-state index is 13.4. The van der Waals surface area contributed by atoms with Crippen LogP contribution in [-0.4, -0.2) is 0 Å². The lowest BCUT2D eigenvalue weighted by atomic mass is 9.77. The zero-order valence-corrected chi connectivity index (χ0v) is 14.0. The molecule has 0 aromatic heterocycles. The van der Waals surface area contributed by atoms with Crippen molar-refractivity contribution in [3.05, 3.63) is 72.3 Å². The second kappa shape index (κ2) is 7.74. The molecule has 126 valence electrons. The van der Waals surface area contributed by atoms with Crippen LogP contribution in [-0.2, 0) is 0 Å². The Morgan fingerprint density at radius 3 is 2.17 bits per heavy atom. The highest BCUT2D eigenvalue weighted by Crippen LogP contribution is 2.38. The van der Waals surface area contributed by atoms with E-state index in [1.54, 1.807) is 6.07 Å². The third-order valence-electron chi connectivity index (χ3n) is 5.26. The Hall–Kier alpha value is -1.96. The van der Waals surface area contributed by atoms with Gasteiger partial charge in [0.2, 0.25) is 0 Å². The zero-order chi connectivity index (χ0) is 16.9. The average molecular weight is 326 g/mol. The molecule has 0 nitrogen and oxygen atoms in total. The Bertz CT molecular complexity index is 680. The van der Waals surface area contributed by atoms with Crippen LogP contribution in [0.5, 0.6) is 0 Å². The molecule has 2 aromatic rings. The van der Waals surface area contributed by atoms with Gasteiger partial charge in [-0.05, 0) is 79.2 Å². The molecule has 0 atom stereocenters. The van der Waals surface area contributed by atoms with Gasteiger partial charge in [-0.2, -0.15) is 0 Å². The molecule has 0 saturated heterocycles. The number of allylic oxidation sites excluding steroid dienone is 1. The Labute approximate surface area is 143 Å². The van der Waals surface area contributed by atoms with E-state index < -0.39 is 11.6 Å². The summed E-state index contributed by atoms with van der Waals surface area (Å²) >= 11 is 0. The number of hydrogen-bond acceptors (Lipinski definition) is 0. The number of benzene rings is 2. The zero-order valence-electron chi connectivity index (χ0n) is 14.0. The Kier molecular flexibility index (Phi) is 5.44. The van der Waals surface area contributed by atoms with Crippen LogP contribution >= 0.6 is 0 Å². The van der Waals surface area contributed by atoms with E-state index >= 15 is 0 Å².